The van der Waals surface area contributed by atoms with Crippen LogP contribution >= 0.6 is 15.9 Å². The molecule has 1 aliphatic carbocycles. The summed E-state index contributed by atoms with van der Waals surface area (Å²) in [6, 6.07) is 4.50. The first-order chi connectivity index (χ1) is 10.0. The third-order valence-corrected chi connectivity index (χ3v) is 4.05. The standard InChI is InChI=1S/C14H17BrN2O4/c1-21-12-6-5-8(15)7-11(12)17-14(20)16-10-4-2-3-9(10)13(18)19/h5-7,9-10H,2-4H2,1H3,(H,18,19)(H2,16,17,20). The summed E-state index contributed by atoms with van der Waals surface area (Å²) in [5.74, 6) is -0.840. The maximum absolute atomic E-state index is 12.0. The summed E-state index contributed by atoms with van der Waals surface area (Å²) in [6.07, 6.45) is 2.09. The summed E-state index contributed by atoms with van der Waals surface area (Å²) in [6.45, 7) is 0. The number of benzene rings is 1. The molecule has 7 heteroatoms. The molecule has 0 saturated heterocycles. The Labute approximate surface area is 131 Å². The molecule has 21 heavy (non-hydrogen) atoms. The Bertz CT molecular complexity index is 550. The monoisotopic (exact) mass is 356 g/mol. The summed E-state index contributed by atoms with van der Waals surface area (Å²) in [5, 5.41) is 14.5. The molecule has 1 aromatic carbocycles. The number of carbonyl (C=O) groups excluding carboxylic acids is 1. The van der Waals surface area contributed by atoms with Crippen LogP contribution in [0.1, 0.15) is 19.3 Å². The summed E-state index contributed by atoms with van der Waals surface area (Å²) >= 11 is 3.33. The number of hydrogen-bond acceptors (Lipinski definition) is 3. The molecule has 1 aromatic rings. The minimum absolute atomic E-state index is 0.333. The van der Waals surface area contributed by atoms with Crippen molar-refractivity contribution in [3.05, 3.63) is 22.7 Å². The number of hydrogen-bond donors (Lipinski definition) is 3. The van der Waals surface area contributed by atoms with Gasteiger partial charge in [0, 0.05) is 10.5 Å². The lowest BCUT2D eigenvalue weighted by Crippen LogP contribution is -2.42. The van der Waals surface area contributed by atoms with Gasteiger partial charge in [0.15, 0.2) is 0 Å². The van der Waals surface area contributed by atoms with Crippen molar-refractivity contribution >= 4 is 33.6 Å². The lowest BCUT2D eigenvalue weighted by atomic mass is 10.0. The molecule has 0 spiro atoms. The largest absolute Gasteiger partial charge is 0.495 e. The van der Waals surface area contributed by atoms with Gasteiger partial charge in [0.1, 0.15) is 5.75 Å². The lowest BCUT2D eigenvalue weighted by molar-refractivity contribution is -0.142. The van der Waals surface area contributed by atoms with Crippen molar-refractivity contribution in [3.8, 4) is 5.75 Å². The molecular formula is C14H17BrN2O4. The average molecular weight is 357 g/mol. The van der Waals surface area contributed by atoms with Crippen molar-refractivity contribution in [1.29, 1.82) is 0 Å². The van der Waals surface area contributed by atoms with Crippen LogP contribution < -0.4 is 15.4 Å². The maximum Gasteiger partial charge on any atom is 0.319 e. The van der Waals surface area contributed by atoms with Crippen LogP contribution in [0.5, 0.6) is 5.75 Å². The van der Waals surface area contributed by atoms with Gasteiger partial charge in [-0.05, 0) is 31.0 Å². The van der Waals surface area contributed by atoms with E-state index < -0.39 is 17.9 Å². The van der Waals surface area contributed by atoms with Crippen LogP contribution in [0.15, 0.2) is 22.7 Å². The van der Waals surface area contributed by atoms with Crippen LogP contribution in [-0.4, -0.2) is 30.3 Å². The van der Waals surface area contributed by atoms with E-state index in [0.29, 0.717) is 24.3 Å². The molecule has 2 amide bonds. The Morgan fingerprint density at radius 1 is 1.38 bits per heavy atom. The number of ether oxygens (including phenoxy) is 1. The van der Waals surface area contributed by atoms with Crippen LogP contribution in [0.25, 0.3) is 0 Å². The van der Waals surface area contributed by atoms with Gasteiger partial charge in [0.2, 0.25) is 0 Å². The van der Waals surface area contributed by atoms with Crippen molar-refractivity contribution in [3.63, 3.8) is 0 Å². The molecule has 1 fully saturated rings. The second-order valence-corrected chi connectivity index (χ2v) is 5.84. The molecule has 1 saturated carbocycles. The van der Waals surface area contributed by atoms with E-state index >= 15 is 0 Å². The quantitative estimate of drug-likeness (QED) is 0.773. The van der Waals surface area contributed by atoms with E-state index in [4.69, 9.17) is 9.84 Å². The molecule has 0 radical (unpaired) electrons. The molecule has 2 unspecified atom stereocenters. The topological polar surface area (TPSA) is 87.7 Å². The minimum atomic E-state index is -0.863. The molecule has 1 aliphatic rings. The van der Waals surface area contributed by atoms with Gasteiger partial charge in [0.05, 0.1) is 18.7 Å². The number of carboxylic acid groups (broad SMARTS) is 1. The first-order valence-corrected chi connectivity index (χ1v) is 7.44. The number of halogens is 1. The summed E-state index contributed by atoms with van der Waals surface area (Å²) in [5.41, 5.74) is 0.522. The Balaban J connectivity index is 2.02. The second kappa shape index (κ2) is 6.80. The van der Waals surface area contributed by atoms with E-state index in [9.17, 15) is 9.59 Å². The van der Waals surface area contributed by atoms with E-state index in [1.165, 1.54) is 7.11 Å². The Morgan fingerprint density at radius 2 is 2.14 bits per heavy atom. The number of urea groups is 1. The van der Waals surface area contributed by atoms with Crippen molar-refractivity contribution in [2.45, 2.75) is 25.3 Å². The molecule has 2 atom stereocenters. The fraction of sp³-hybridized carbons (Fsp3) is 0.429. The van der Waals surface area contributed by atoms with E-state index in [1.54, 1.807) is 18.2 Å². The summed E-state index contributed by atoms with van der Waals surface area (Å²) in [4.78, 5) is 23.1. The third-order valence-electron chi connectivity index (χ3n) is 3.56. The van der Waals surface area contributed by atoms with Crippen LogP contribution in [0.2, 0.25) is 0 Å². The Hall–Kier alpha value is -1.76. The minimum Gasteiger partial charge on any atom is -0.495 e. The number of amides is 2. The highest BCUT2D eigenvalue weighted by Crippen LogP contribution is 2.29. The van der Waals surface area contributed by atoms with Gasteiger partial charge in [0.25, 0.3) is 0 Å². The lowest BCUT2D eigenvalue weighted by Gasteiger charge is -2.18. The molecule has 6 nitrogen and oxygen atoms in total. The van der Waals surface area contributed by atoms with Crippen LogP contribution in [0.3, 0.4) is 0 Å². The van der Waals surface area contributed by atoms with Gasteiger partial charge in [-0.25, -0.2) is 4.79 Å². The number of methoxy groups -OCH3 is 1. The highest BCUT2D eigenvalue weighted by atomic mass is 79.9. The SMILES string of the molecule is COc1ccc(Br)cc1NC(=O)NC1CCCC1C(=O)O. The fourth-order valence-electron chi connectivity index (χ4n) is 2.53. The predicted molar refractivity (Wildman–Crippen MR) is 81.6 cm³/mol. The first-order valence-electron chi connectivity index (χ1n) is 6.65. The third kappa shape index (κ3) is 3.87. The maximum atomic E-state index is 12.0. The fourth-order valence-corrected chi connectivity index (χ4v) is 2.89. The van der Waals surface area contributed by atoms with Crippen molar-refractivity contribution < 1.29 is 19.4 Å². The van der Waals surface area contributed by atoms with E-state index in [-0.39, 0.29) is 6.04 Å². The molecule has 3 N–H and O–H groups in total. The molecular weight excluding hydrogens is 340 g/mol. The van der Waals surface area contributed by atoms with E-state index in [2.05, 4.69) is 26.6 Å². The zero-order valence-corrected chi connectivity index (χ0v) is 13.1. The number of carbonyl (C=O) groups is 2. The molecule has 0 bridgehead atoms. The van der Waals surface area contributed by atoms with E-state index in [0.717, 1.165) is 10.9 Å². The molecule has 0 heterocycles. The van der Waals surface area contributed by atoms with E-state index in [1.807, 2.05) is 0 Å². The first kappa shape index (κ1) is 15.6. The van der Waals surface area contributed by atoms with Crippen molar-refractivity contribution in [2.24, 2.45) is 5.92 Å². The Kier molecular flexibility index (Phi) is 5.06. The number of aliphatic carboxylic acids is 1. The predicted octanol–water partition coefficient (Wildman–Crippen LogP) is 2.83. The Morgan fingerprint density at radius 3 is 2.81 bits per heavy atom. The molecule has 0 aromatic heterocycles. The van der Waals surface area contributed by atoms with Gasteiger partial charge in [-0.2, -0.15) is 0 Å². The van der Waals surface area contributed by atoms with Gasteiger partial charge in [-0.15, -0.1) is 0 Å². The van der Waals surface area contributed by atoms with Gasteiger partial charge in [-0.3, -0.25) is 4.79 Å². The summed E-state index contributed by atoms with van der Waals surface area (Å²) in [7, 11) is 1.52. The van der Waals surface area contributed by atoms with Crippen molar-refractivity contribution in [1.82, 2.24) is 5.32 Å². The normalized spacial score (nSPS) is 20.9. The van der Waals surface area contributed by atoms with Crippen LogP contribution in [-0.2, 0) is 4.79 Å². The highest BCUT2D eigenvalue weighted by molar-refractivity contribution is 9.10. The zero-order valence-electron chi connectivity index (χ0n) is 11.6. The molecule has 114 valence electrons. The number of rotatable bonds is 4. The van der Waals surface area contributed by atoms with Crippen molar-refractivity contribution in [2.75, 3.05) is 12.4 Å². The van der Waals surface area contributed by atoms with Gasteiger partial charge < -0.3 is 20.5 Å². The summed E-state index contributed by atoms with van der Waals surface area (Å²) < 4.78 is 5.98. The molecule has 0 aliphatic heterocycles. The zero-order chi connectivity index (χ0) is 15.4. The smallest absolute Gasteiger partial charge is 0.319 e. The number of anilines is 1. The van der Waals surface area contributed by atoms with Crippen LogP contribution in [0.4, 0.5) is 10.5 Å². The number of nitrogens with one attached hydrogen (secondary N) is 2. The highest BCUT2D eigenvalue weighted by Gasteiger charge is 2.33. The second-order valence-electron chi connectivity index (χ2n) is 4.93. The average Bonchev–Trinajstić information content (AvgIpc) is 2.87. The molecule has 2 rings (SSSR count). The van der Waals surface area contributed by atoms with Crippen LogP contribution in [0, 0.1) is 5.92 Å². The van der Waals surface area contributed by atoms with Gasteiger partial charge in [-0.1, -0.05) is 22.4 Å². The number of carboxylic acids is 1. The van der Waals surface area contributed by atoms with Gasteiger partial charge >= 0.3 is 12.0 Å².